The maximum atomic E-state index is 12.3. The molecular weight excluding hydrogens is 256 g/mol. The van der Waals surface area contributed by atoms with Gasteiger partial charge in [0.15, 0.2) is 9.84 Å². The standard InChI is InChI=1S/C12H16O5S/c1-9(8-12(13)17-3)18(14,15)11-7-5-4-6-10(11)16-2/h4-7,9H,8H2,1-3H3. The number of methoxy groups -OCH3 is 2. The highest BCUT2D eigenvalue weighted by molar-refractivity contribution is 7.92. The number of para-hydroxylation sites is 1. The molecule has 0 aliphatic carbocycles. The maximum Gasteiger partial charge on any atom is 0.306 e. The molecule has 0 bridgehead atoms. The van der Waals surface area contributed by atoms with Gasteiger partial charge in [0, 0.05) is 0 Å². The average Bonchev–Trinajstić information content (AvgIpc) is 2.38. The van der Waals surface area contributed by atoms with Crippen molar-refractivity contribution in [2.75, 3.05) is 14.2 Å². The van der Waals surface area contributed by atoms with E-state index in [0.717, 1.165) is 0 Å². The van der Waals surface area contributed by atoms with Crippen molar-refractivity contribution >= 4 is 15.8 Å². The minimum absolute atomic E-state index is 0.0869. The highest BCUT2D eigenvalue weighted by Gasteiger charge is 2.28. The highest BCUT2D eigenvalue weighted by atomic mass is 32.2. The Morgan fingerprint density at radius 2 is 1.89 bits per heavy atom. The van der Waals surface area contributed by atoms with Crippen molar-refractivity contribution in [2.45, 2.75) is 23.5 Å². The van der Waals surface area contributed by atoms with Crippen molar-refractivity contribution in [3.05, 3.63) is 24.3 Å². The minimum Gasteiger partial charge on any atom is -0.495 e. The van der Waals surface area contributed by atoms with Crippen LogP contribution in [0.1, 0.15) is 13.3 Å². The van der Waals surface area contributed by atoms with Gasteiger partial charge in [0.25, 0.3) is 0 Å². The number of carbonyl (C=O) groups excluding carboxylic acids is 1. The second-order valence-electron chi connectivity index (χ2n) is 3.79. The summed E-state index contributed by atoms with van der Waals surface area (Å²) in [7, 11) is -0.984. The molecule has 0 aromatic heterocycles. The van der Waals surface area contributed by atoms with E-state index in [9.17, 15) is 13.2 Å². The zero-order chi connectivity index (χ0) is 13.8. The molecule has 1 aromatic rings. The molecule has 0 saturated heterocycles. The van der Waals surface area contributed by atoms with Crippen molar-refractivity contribution in [3.8, 4) is 5.75 Å². The molecule has 0 amide bonds. The quantitative estimate of drug-likeness (QED) is 0.758. The molecule has 0 saturated carbocycles. The zero-order valence-corrected chi connectivity index (χ0v) is 11.4. The van der Waals surface area contributed by atoms with Crippen LogP contribution in [0.3, 0.4) is 0 Å². The summed E-state index contributed by atoms with van der Waals surface area (Å²) in [5.41, 5.74) is 0. The summed E-state index contributed by atoms with van der Waals surface area (Å²) in [6, 6.07) is 6.32. The molecule has 6 heteroatoms. The third-order valence-electron chi connectivity index (χ3n) is 2.59. The van der Waals surface area contributed by atoms with Gasteiger partial charge in [-0.05, 0) is 19.1 Å². The van der Waals surface area contributed by atoms with Crippen molar-refractivity contribution in [2.24, 2.45) is 0 Å². The van der Waals surface area contributed by atoms with E-state index in [-0.39, 0.29) is 17.1 Å². The summed E-state index contributed by atoms with van der Waals surface area (Å²) in [5, 5.41) is -0.860. The fourth-order valence-electron chi connectivity index (χ4n) is 1.50. The van der Waals surface area contributed by atoms with Crippen molar-refractivity contribution in [1.82, 2.24) is 0 Å². The van der Waals surface area contributed by atoms with Gasteiger partial charge in [0.2, 0.25) is 0 Å². The van der Waals surface area contributed by atoms with Gasteiger partial charge in [-0.25, -0.2) is 8.42 Å². The van der Waals surface area contributed by atoms with Gasteiger partial charge < -0.3 is 9.47 Å². The summed E-state index contributed by atoms with van der Waals surface area (Å²) in [6.07, 6.45) is -0.184. The van der Waals surface area contributed by atoms with Crippen LogP contribution in [-0.2, 0) is 19.4 Å². The SMILES string of the molecule is COC(=O)CC(C)S(=O)(=O)c1ccccc1OC. The number of rotatable bonds is 5. The Bertz CT molecular complexity index is 521. The lowest BCUT2D eigenvalue weighted by molar-refractivity contribution is -0.140. The van der Waals surface area contributed by atoms with Crippen molar-refractivity contribution in [1.29, 1.82) is 0 Å². The Kier molecular flexibility index (Phi) is 4.72. The fourth-order valence-corrected chi connectivity index (χ4v) is 2.99. The summed E-state index contributed by atoms with van der Waals surface area (Å²) >= 11 is 0. The third-order valence-corrected chi connectivity index (χ3v) is 4.76. The Morgan fingerprint density at radius 1 is 1.28 bits per heavy atom. The Hall–Kier alpha value is -1.56. The second kappa shape index (κ2) is 5.86. The molecule has 5 nitrogen and oxygen atoms in total. The molecule has 1 atom stereocenters. The average molecular weight is 272 g/mol. The molecule has 0 aliphatic heterocycles. The highest BCUT2D eigenvalue weighted by Crippen LogP contribution is 2.27. The second-order valence-corrected chi connectivity index (χ2v) is 6.12. The number of sulfone groups is 1. The molecule has 0 spiro atoms. The van der Waals surface area contributed by atoms with E-state index >= 15 is 0 Å². The molecular formula is C12H16O5S. The molecule has 100 valence electrons. The van der Waals surface area contributed by atoms with E-state index in [4.69, 9.17) is 4.74 Å². The number of carbonyl (C=O) groups is 1. The Labute approximate surface area is 107 Å². The largest absolute Gasteiger partial charge is 0.495 e. The van der Waals surface area contributed by atoms with Crippen LogP contribution in [0.25, 0.3) is 0 Å². The van der Waals surface area contributed by atoms with Gasteiger partial charge in [-0.15, -0.1) is 0 Å². The van der Waals surface area contributed by atoms with Crippen LogP contribution in [0, 0.1) is 0 Å². The van der Waals surface area contributed by atoms with Crippen molar-refractivity contribution < 1.29 is 22.7 Å². The predicted octanol–water partition coefficient (Wildman–Crippen LogP) is 1.42. The lowest BCUT2D eigenvalue weighted by atomic mass is 10.3. The van der Waals surface area contributed by atoms with Crippen LogP contribution in [0.15, 0.2) is 29.2 Å². The molecule has 1 unspecified atom stereocenters. The normalized spacial score (nSPS) is 12.8. The first-order chi connectivity index (χ1) is 8.43. The monoisotopic (exact) mass is 272 g/mol. The summed E-state index contributed by atoms with van der Waals surface area (Å²) in [5.74, 6) is -0.282. The maximum absolute atomic E-state index is 12.3. The first kappa shape index (κ1) is 14.5. The van der Waals surface area contributed by atoms with Crippen molar-refractivity contribution in [3.63, 3.8) is 0 Å². The van der Waals surface area contributed by atoms with E-state index in [2.05, 4.69) is 4.74 Å². The molecule has 0 N–H and O–H groups in total. The number of hydrogen-bond acceptors (Lipinski definition) is 5. The van der Waals surface area contributed by atoms with Gasteiger partial charge in [0.1, 0.15) is 10.6 Å². The molecule has 18 heavy (non-hydrogen) atoms. The van der Waals surface area contributed by atoms with E-state index in [0.29, 0.717) is 0 Å². The van der Waals surface area contributed by atoms with Crippen LogP contribution in [-0.4, -0.2) is 33.9 Å². The van der Waals surface area contributed by atoms with E-state index < -0.39 is 21.1 Å². The van der Waals surface area contributed by atoms with Crippen LogP contribution < -0.4 is 4.74 Å². The molecule has 0 fully saturated rings. The van der Waals surface area contributed by atoms with Gasteiger partial charge in [-0.2, -0.15) is 0 Å². The first-order valence-electron chi connectivity index (χ1n) is 5.37. The fraction of sp³-hybridized carbons (Fsp3) is 0.417. The summed E-state index contributed by atoms with van der Waals surface area (Å²) in [6.45, 7) is 1.47. The van der Waals surface area contributed by atoms with Crippen LogP contribution in [0.5, 0.6) is 5.75 Å². The van der Waals surface area contributed by atoms with Crippen LogP contribution >= 0.6 is 0 Å². The minimum atomic E-state index is -3.61. The Balaban J connectivity index is 3.09. The molecule has 0 aliphatic rings. The predicted molar refractivity (Wildman–Crippen MR) is 66.3 cm³/mol. The number of benzene rings is 1. The van der Waals surface area contributed by atoms with Gasteiger partial charge in [0.05, 0.1) is 25.9 Å². The number of hydrogen-bond donors (Lipinski definition) is 0. The van der Waals surface area contributed by atoms with E-state index in [1.54, 1.807) is 18.2 Å². The molecule has 0 heterocycles. The van der Waals surface area contributed by atoms with Gasteiger partial charge in [-0.1, -0.05) is 12.1 Å². The molecule has 0 radical (unpaired) electrons. The van der Waals surface area contributed by atoms with Crippen LogP contribution in [0.4, 0.5) is 0 Å². The molecule has 1 aromatic carbocycles. The Morgan fingerprint density at radius 3 is 2.44 bits per heavy atom. The lowest BCUT2D eigenvalue weighted by Gasteiger charge is -2.14. The number of ether oxygens (including phenoxy) is 2. The van der Waals surface area contributed by atoms with E-state index in [1.165, 1.54) is 27.2 Å². The smallest absolute Gasteiger partial charge is 0.306 e. The van der Waals surface area contributed by atoms with Gasteiger partial charge in [-0.3, -0.25) is 4.79 Å². The van der Waals surface area contributed by atoms with Crippen LogP contribution in [0.2, 0.25) is 0 Å². The third kappa shape index (κ3) is 3.01. The van der Waals surface area contributed by atoms with Gasteiger partial charge >= 0.3 is 5.97 Å². The zero-order valence-electron chi connectivity index (χ0n) is 10.5. The molecule has 1 rings (SSSR count). The topological polar surface area (TPSA) is 69.7 Å². The summed E-state index contributed by atoms with van der Waals surface area (Å²) < 4.78 is 34.0. The first-order valence-corrected chi connectivity index (χ1v) is 6.91. The number of esters is 1. The lowest BCUT2D eigenvalue weighted by Crippen LogP contribution is -2.22. The summed E-state index contributed by atoms with van der Waals surface area (Å²) in [4.78, 5) is 11.2. The van der Waals surface area contributed by atoms with E-state index in [1.807, 2.05) is 0 Å².